The first-order valence-electron chi connectivity index (χ1n) is 7.84. The molecule has 0 fully saturated rings. The van der Waals surface area contributed by atoms with Crippen molar-refractivity contribution in [3.63, 3.8) is 0 Å². The van der Waals surface area contributed by atoms with Crippen molar-refractivity contribution in [2.75, 3.05) is 40.1 Å². The summed E-state index contributed by atoms with van der Waals surface area (Å²) >= 11 is 0. The Morgan fingerprint density at radius 3 is 2.67 bits per heavy atom. The number of hydrogen-bond donors (Lipinski definition) is 1. The van der Waals surface area contributed by atoms with E-state index in [2.05, 4.69) is 31.3 Å². The second kappa shape index (κ2) is 11.5. The van der Waals surface area contributed by atoms with Gasteiger partial charge in [0.1, 0.15) is 12.4 Å². The molecule has 120 valence electrons. The van der Waals surface area contributed by atoms with E-state index in [-0.39, 0.29) is 0 Å². The molecule has 1 N–H and O–H groups in total. The van der Waals surface area contributed by atoms with E-state index in [9.17, 15) is 0 Å². The molecular weight excluding hydrogens is 266 g/mol. The molecule has 0 aromatic heterocycles. The average Bonchev–Trinajstić information content (AvgIpc) is 2.52. The van der Waals surface area contributed by atoms with Crippen LogP contribution >= 0.6 is 0 Å². The normalized spacial score (nSPS) is 12.3. The monoisotopic (exact) mass is 295 g/mol. The van der Waals surface area contributed by atoms with Gasteiger partial charge in [-0.2, -0.15) is 0 Å². The molecule has 0 heterocycles. The van der Waals surface area contributed by atoms with Crippen LogP contribution < -0.4 is 10.1 Å². The minimum atomic E-state index is 0.392. The van der Waals surface area contributed by atoms with Crippen molar-refractivity contribution in [3.8, 4) is 5.75 Å². The predicted molar refractivity (Wildman–Crippen MR) is 86.0 cm³/mol. The lowest BCUT2D eigenvalue weighted by Gasteiger charge is -2.17. The zero-order valence-corrected chi connectivity index (χ0v) is 13.6. The van der Waals surface area contributed by atoms with Gasteiger partial charge in [-0.15, -0.1) is 0 Å². The Hall–Kier alpha value is -1.10. The first kappa shape index (κ1) is 18.0. The lowest BCUT2D eigenvalue weighted by atomic mass is 10.0. The predicted octanol–water partition coefficient (Wildman–Crippen LogP) is 3.18. The van der Waals surface area contributed by atoms with Crippen molar-refractivity contribution in [1.82, 2.24) is 5.32 Å². The van der Waals surface area contributed by atoms with E-state index < -0.39 is 0 Å². The van der Waals surface area contributed by atoms with Crippen LogP contribution in [0.5, 0.6) is 5.75 Å². The molecule has 0 amide bonds. The van der Waals surface area contributed by atoms with E-state index in [1.807, 2.05) is 12.1 Å². The zero-order valence-electron chi connectivity index (χ0n) is 13.6. The Balaban J connectivity index is 2.32. The summed E-state index contributed by atoms with van der Waals surface area (Å²) in [4.78, 5) is 0. The van der Waals surface area contributed by atoms with Gasteiger partial charge in [-0.3, -0.25) is 0 Å². The van der Waals surface area contributed by atoms with Gasteiger partial charge in [0, 0.05) is 26.4 Å². The highest BCUT2D eigenvalue weighted by Gasteiger charge is 2.08. The van der Waals surface area contributed by atoms with Crippen molar-refractivity contribution < 1.29 is 14.2 Å². The second-order valence-corrected chi connectivity index (χ2v) is 4.90. The molecular formula is C17H29NO3. The number of hydrogen-bond acceptors (Lipinski definition) is 4. The third-order valence-electron chi connectivity index (χ3n) is 3.25. The summed E-state index contributed by atoms with van der Waals surface area (Å²) in [7, 11) is 1.70. The maximum absolute atomic E-state index is 5.74. The highest BCUT2D eigenvalue weighted by Crippen LogP contribution is 2.21. The molecule has 0 bridgehead atoms. The van der Waals surface area contributed by atoms with Crippen molar-refractivity contribution in [1.29, 1.82) is 0 Å². The van der Waals surface area contributed by atoms with Crippen LogP contribution in [0, 0.1) is 0 Å². The minimum Gasteiger partial charge on any atom is -0.491 e. The van der Waals surface area contributed by atoms with Crippen LogP contribution in [0.1, 0.15) is 38.3 Å². The standard InChI is InChI=1S/C17H29NO3/c1-4-17(18-5-2)15-8-6-9-16(14-15)21-13-12-20-11-7-10-19-3/h6,8-9,14,17-18H,4-5,7,10-13H2,1-3H3. The van der Waals surface area contributed by atoms with Gasteiger partial charge in [0.25, 0.3) is 0 Å². The highest BCUT2D eigenvalue weighted by molar-refractivity contribution is 5.30. The maximum atomic E-state index is 5.74. The van der Waals surface area contributed by atoms with Crippen LogP contribution in [0.15, 0.2) is 24.3 Å². The fourth-order valence-corrected chi connectivity index (χ4v) is 2.19. The van der Waals surface area contributed by atoms with E-state index in [4.69, 9.17) is 14.2 Å². The molecule has 0 spiro atoms. The first-order valence-corrected chi connectivity index (χ1v) is 7.84. The Morgan fingerprint density at radius 1 is 1.10 bits per heavy atom. The van der Waals surface area contributed by atoms with E-state index in [1.165, 1.54) is 5.56 Å². The summed E-state index contributed by atoms with van der Waals surface area (Å²) in [6, 6.07) is 8.69. The summed E-state index contributed by atoms with van der Waals surface area (Å²) in [6.07, 6.45) is 1.99. The molecule has 4 nitrogen and oxygen atoms in total. The largest absolute Gasteiger partial charge is 0.491 e. The van der Waals surface area contributed by atoms with Crippen LogP contribution in [0.2, 0.25) is 0 Å². The fourth-order valence-electron chi connectivity index (χ4n) is 2.19. The number of nitrogens with one attached hydrogen (secondary N) is 1. The van der Waals surface area contributed by atoms with Gasteiger partial charge in [-0.05, 0) is 37.1 Å². The van der Waals surface area contributed by atoms with Gasteiger partial charge in [-0.1, -0.05) is 26.0 Å². The summed E-state index contributed by atoms with van der Waals surface area (Å²) in [5, 5.41) is 3.48. The Kier molecular flexibility index (Phi) is 9.87. The molecule has 0 aliphatic carbocycles. The molecule has 0 aliphatic rings. The van der Waals surface area contributed by atoms with Crippen LogP contribution in [-0.2, 0) is 9.47 Å². The quantitative estimate of drug-likeness (QED) is 0.601. The topological polar surface area (TPSA) is 39.7 Å². The lowest BCUT2D eigenvalue weighted by molar-refractivity contribution is 0.0806. The zero-order chi connectivity index (χ0) is 15.3. The summed E-state index contributed by atoms with van der Waals surface area (Å²) < 4.78 is 16.2. The van der Waals surface area contributed by atoms with Gasteiger partial charge in [-0.25, -0.2) is 0 Å². The molecule has 0 aliphatic heterocycles. The summed E-state index contributed by atoms with van der Waals surface area (Å²) in [5.74, 6) is 0.907. The number of rotatable bonds is 12. The van der Waals surface area contributed by atoms with Crippen molar-refractivity contribution in [2.45, 2.75) is 32.7 Å². The van der Waals surface area contributed by atoms with Crippen molar-refractivity contribution in [3.05, 3.63) is 29.8 Å². The molecule has 0 saturated carbocycles. The lowest BCUT2D eigenvalue weighted by Crippen LogP contribution is -2.20. The Bertz CT molecular complexity index is 371. The van der Waals surface area contributed by atoms with Gasteiger partial charge in [0.2, 0.25) is 0 Å². The summed E-state index contributed by atoms with van der Waals surface area (Å²) in [6.45, 7) is 7.94. The molecule has 21 heavy (non-hydrogen) atoms. The molecule has 1 aromatic rings. The molecule has 1 atom stereocenters. The summed E-state index contributed by atoms with van der Waals surface area (Å²) in [5.41, 5.74) is 1.28. The molecule has 1 unspecified atom stereocenters. The van der Waals surface area contributed by atoms with Crippen molar-refractivity contribution in [2.24, 2.45) is 0 Å². The molecule has 1 rings (SSSR count). The van der Waals surface area contributed by atoms with Gasteiger partial charge in [0.05, 0.1) is 6.61 Å². The van der Waals surface area contributed by atoms with Gasteiger partial charge < -0.3 is 19.5 Å². The Labute approximate surface area is 128 Å². The van der Waals surface area contributed by atoms with E-state index in [0.717, 1.165) is 38.3 Å². The van der Waals surface area contributed by atoms with Crippen LogP contribution in [0.25, 0.3) is 0 Å². The highest BCUT2D eigenvalue weighted by atomic mass is 16.5. The number of ether oxygens (including phenoxy) is 3. The van der Waals surface area contributed by atoms with Gasteiger partial charge in [0.15, 0.2) is 0 Å². The van der Waals surface area contributed by atoms with Crippen molar-refractivity contribution >= 4 is 0 Å². The molecule has 0 saturated heterocycles. The molecule has 4 heteroatoms. The van der Waals surface area contributed by atoms with Crippen LogP contribution in [-0.4, -0.2) is 40.1 Å². The minimum absolute atomic E-state index is 0.392. The van der Waals surface area contributed by atoms with E-state index in [1.54, 1.807) is 7.11 Å². The number of methoxy groups -OCH3 is 1. The number of benzene rings is 1. The third kappa shape index (κ3) is 7.46. The fraction of sp³-hybridized carbons (Fsp3) is 0.647. The van der Waals surface area contributed by atoms with Crippen LogP contribution in [0.3, 0.4) is 0 Å². The molecule has 1 aromatic carbocycles. The third-order valence-corrected chi connectivity index (χ3v) is 3.25. The molecule has 0 radical (unpaired) electrons. The second-order valence-electron chi connectivity index (χ2n) is 4.90. The van der Waals surface area contributed by atoms with E-state index >= 15 is 0 Å². The van der Waals surface area contributed by atoms with Crippen LogP contribution in [0.4, 0.5) is 0 Å². The maximum Gasteiger partial charge on any atom is 0.119 e. The Morgan fingerprint density at radius 2 is 1.95 bits per heavy atom. The first-order chi connectivity index (χ1) is 10.3. The van der Waals surface area contributed by atoms with E-state index in [0.29, 0.717) is 19.3 Å². The average molecular weight is 295 g/mol. The smallest absolute Gasteiger partial charge is 0.119 e. The van der Waals surface area contributed by atoms with Gasteiger partial charge >= 0.3 is 0 Å². The SMILES string of the molecule is CCNC(CC)c1cccc(OCCOCCCOC)c1.